The summed E-state index contributed by atoms with van der Waals surface area (Å²) in [6.45, 7) is 0. The highest BCUT2D eigenvalue weighted by Crippen LogP contribution is 2.00. The summed E-state index contributed by atoms with van der Waals surface area (Å²) in [5, 5.41) is 5.65. The molecule has 0 saturated carbocycles. The zero-order valence-corrected chi connectivity index (χ0v) is 7.46. The van der Waals surface area contributed by atoms with Crippen molar-refractivity contribution in [2.75, 3.05) is 0 Å². The maximum absolute atomic E-state index is 11.3. The van der Waals surface area contributed by atoms with E-state index in [0.29, 0.717) is 0 Å². The van der Waals surface area contributed by atoms with Crippen LogP contribution in [0, 0.1) is 0 Å². The van der Waals surface area contributed by atoms with Crippen molar-refractivity contribution < 1.29 is 0 Å². The van der Waals surface area contributed by atoms with Crippen molar-refractivity contribution in [1.29, 1.82) is 0 Å². The van der Waals surface area contributed by atoms with Crippen LogP contribution in [0.4, 0.5) is 0 Å². The Morgan fingerprint density at radius 2 is 2.29 bits per heavy atom. The van der Waals surface area contributed by atoms with E-state index < -0.39 is 11.2 Å². The van der Waals surface area contributed by atoms with Gasteiger partial charge in [0, 0.05) is 0 Å². The number of aromatic nitrogens is 4. The third kappa shape index (κ3) is 1.18. The predicted octanol–water partition coefficient (Wildman–Crippen LogP) is -0.721. The van der Waals surface area contributed by atoms with Crippen LogP contribution < -0.4 is 11.2 Å². The van der Waals surface area contributed by atoms with Crippen molar-refractivity contribution >= 4 is 28.5 Å². The van der Waals surface area contributed by atoms with Gasteiger partial charge in [0.1, 0.15) is 6.33 Å². The van der Waals surface area contributed by atoms with Gasteiger partial charge >= 0.3 is 5.69 Å². The molecule has 0 aromatic carbocycles. The van der Waals surface area contributed by atoms with Gasteiger partial charge in [-0.15, -0.1) is 5.10 Å². The average Bonchev–Trinajstić information content (AvgIpc) is 2.49. The van der Waals surface area contributed by atoms with Gasteiger partial charge in [0.05, 0.1) is 5.16 Å². The van der Waals surface area contributed by atoms with Crippen LogP contribution in [0.2, 0.25) is 0 Å². The minimum atomic E-state index is -0.612. The largest absolute Gasteiger partial charge is 0.327 e. The second kappa shape index (κ2) is 3.02. The fraction of sp³-hybridized carbons (Fsp3) is 0. The molecule has 0 radical (unpaired) electrons. The summed E-state index contributed by atoms with van der Waals surface area (Å²) in [4.78, 5) is 30.3. The summed E-state index contributed by atoms with van der Waals surface area (Å²) in [6, 6.07) is 0. The maximum atomic E-state index is 11.3. The number of fused-ring (bicyclic) bond motifs is 1. The van der Waals surface area contributed by atoms with Crippen LogP contribution in [0.25, 0.3) is 11.2 Å². The average molecular weight is 209 g/mol. The highest BCUT2D eigenvalue weighted by Gasteiger charge is 2.06. The number of nitrogens with one attached hydrogen (secondary N) is 2. The first-order valence-electron chi connectivity index (χ1n) is 3.50. The van der Waals surface area contributed by atoms with E-state index >= 15 is 0 Å². The van der Waals surface area contributed by atoms with E-state index in [4.69, 9.17) is 0 Å². The van der Waals surface area contributed by atoms with Crippen LogP contribution in [-0.4, -0.2) is 24.8 Å². The van der Waals surface area contributed by atoms with Gasteiger partial charge in [-0.1, -0.05) is 0 Å². The third-order valence-electron chi connectivity index (χ3n) is 1.57. The number of aromatic amines is 2. The van der Waals surface area contributed by atoms with Gasteiger partial charge in [-0.05, 0) is 12.2 Å². The maximum Gasteiger partial charge on any atom is 0.327 e. The number of isothiocyanates is 1. The molecule has 2 rings (SSSR count). The summed E-state index contributed by atoms with van der Waals surface area (Å²) >= 11 is 4.38. The Balaban J connectivity index is 2.99. The molecule has 0 amide bonds. The minimum Gasteiger partial charge on any atom is -0.290 e. The van der Waals surface area contributed by atoms with Gasteiger partial charge in [0.15, 0.2) is 11.2 Å². The molecule has 0 saturated heterocycles. The van der Waals surface area contributed by atoms with Crippen molar-refractivity contribution in [3.05, 3.63) is 27.2 Å². The molecular weight excluding hydrogens is 206 g/mol. The van der Waals surface area contributed by atoms with E-state index in [1.165, 1.54) is 6.33 Å². The predicted molar refractivity (Wildman–Crippen MR) is 51.4 cm³/mol. The Morgan fingerprint density at radius 3 is 3.00 bits per heavy atom. The second-order valence-electron chi connectivity index (χ2n) is 2.39. The molecule has 2 aromatic rings. The number of hydrogen-bond donors (Lipinski definition) is 2. The van der Waals surface area contributed by atoms with E-state index in [1.54, 1.807) is 0 Å². The molecule has 0 aliphatic carbocycles. The molecule has 0 bridgehead atoms. The number of imidazole rings is 1. The number of H-pyrrole nitrogens is 2. The van der Waals surface area contributed by atoms with E-state index in [0.717, 1.165) is 4.68 Å². The normalized spacial score (nSPS) is 10.0. The van der Waals surface area contributed by atoms with Gasteiger partial charge in [0.25, 0.3) is 5.56 Å². The Morgan fingerprint density at radius 1 is 1.50 bits per heavy atom. The highest BCUT2D eigenvalue weighted by atomic mass is 32.1. The summed E-state index contributed by atoms with van der Waals surface area (Å²) < 4.78 is 1.14. The first-order chi connectivity index (χ1) is 6.72. The fourth-order valence-electron chi connectivity index (χ4n) is 1.06. The molecular formula is C6H3N5O2S. The van der Waals surface area contributed by atoms with Gasteiger partial charge < -0.3 is 0 Å². The van der Waals surface area contributed by atoms with Crippen LogP contribution in [-0.2, 0) is 0 Å². The molecule has 7 nitrogen and oxygen atoms in total. The molecule has 0 spiro atoms. The van der Waals surface area contributed by atoms with Gasteiger partial charge in [-0.2, -0.15) is 0 Å². The standard InChI is InChI=1S/C6H3N5O2S/c12-5-3-4(9-6(13)10-5)7-1-11(3)8-2-14/h1H,(H2,9,10,12,13). The van der Waals surface area contributed by atoms with Crippen LogP contribution in [0.3, 0.4) is 0 Å². The molecule has 0 aliphatic heterocycles. The molecule has 8 heteroatoms. The SMILES string of the molecule is O=c1[nH]c(=O)c2c(ncn2N=C=S)[nH]1. The molecule has 2 N–H and O–H groups in total. The lowest BCUT2D eigenvalue weighted by Gasteiger charge is -1.89. The zero-order chi connectivity index (χ0) is 10.1. The summed E-state index contributed by atoms with van der Waals surface area (Å²) in [6.07, 6.45) is 1.26. The van der Waals surface area contributed by atoms with Crippen LogP contribution in [0.1, 0.15) is 0 Å². The quantitative estimate of drug-likeness (QED) is 0.478. The van der Waals surface area contributed by atoms with E-state index in [9.17, 15) is 9.59 Å². The van der Waals surface area contributed by atoms with Crippen molar-refractivity contribution in [2.45, 2.75) is 0 Å². The topological polar surface area (TPSA) is 95.9 Å². The number of rotatable bonds is 1. The molecule has 0 unspecified atom stereocenters. The van der Waals surface area contributed by atoms with Crippen LogP contribution in [0.5, 0.6) is 0 Å². The van der Waals surface area contributed by atoms with E-state index in [1.807, 2.05) is 4.98 Å². The van der Waals surface area contributed by atoms with Gasteiger partial charge in [0.2, 0.25) is 0 Å². The van der Waals surface area contributed by atoms with Crippen LogP contribution in [0.15, 0.2) is 21.0 Å². The number of hydrogen-bond acceptors (Lipinski definition) is 5. The van der Waals surface area contributed by atoms with E-state index in [-0.39, 0.29) is 11.2 Å². The molecule has 14 heavy (non-hydrogen) atoms. The summed E-state index contributed by atoms with van der Waals surface area (Å²) in [7, 11) is 0. The fourth-order valence-corrected chi connectivity index (χ4v) is 1.15. The highest BCUT2D eigenvalue weighted by molar-refractivity contribution is 7.78. The second-order valence-corrected chi connectivity index (χ2v) is 2.57. The first-order valence-corrected chi connectivity index (χ1v) is 3.91. The molecule has 0 atom stereocenters. The molecule has 0 aliphatic rings. The lowest BCUT2D eigenvalue weighted by atomic mass is 10.5. The van der Waals surface area contributed by atoms with Gasteiger partial charge in [-0.25, -0.2) is 14.5 Å². The van der Waals surface area contributed by atoms with Gasteiger partial charge in [-0.3, -0.25) is 14.8 Å². The first kappa shape index (κ1) is 8.54. The van der Waals surface area contributed by atoms with E-state index in [2.05, 4.69) is 32.4 Å². The van der Waals surface area contributed by atoms with Crippen molar-refractivity contribution in [3.8, 4) is 0 Å². The Kier molecular flexibility index (Phi) is 1.84. The molecule has 70 valence electrons. The molecule has 2 aromatic heterocycles. The minimum absolute atomic E-state index is 0.127. The third-order valence-corrected chi connectivity index (χ3v) is 1.65. The number of nitrogens with zero attached hydrogens (tertiary/aromatic N) is 3. The smallest absolute Gasteiger partial charge is 0.290 e. The Bertz CT molecular complexity index is 644. The Labute approximate surface area is 81.1 Å². The lowest BCUT2D eigenvalue weighted by molar-refractivity contribution is 0.908. The zero-order valence-electron chi connectivity index (χ0n) is 6.64. The molecule has 2 heterocycles. The van der Waals surface area contributed by atoms with Crippen molar-refractivity contribution in [3.63, 3.8) is 0 Å². The summed E-state index contributed by atoms with van der Waals surface area (Å²) in [5.74, 6) is 0. The lowest BCUT2D eigenvalue weighted by Crippen LogP contribution is -2.22. The van der Waals surface area contributed by atoms with Crippen molar-refractivity contribution in [1.82, 2.24) is 19.6 Å². The van der Waals surface area contributed by atoms with Crippen LogP contribution >= 0.6 is 12.2 Å². The molecule has 0 fully saturated rings. The van der Waals surface area contributed by atoms with Crippen molar-refractivity contribution in [2.24, 2.45) is 5.10 Å². The monoisotopic (exact) mass is 209 g/mol. The summed E-state index contributed by atoms with van der Waals surface area (Å²) in [5.41, 5.74) is -0.899. The Hall–Kier alpha value is -2.05. The number of thiocarbonyl (C=S) groups is 1.